The molecule has 318 valence electrons. The smallest absolute Gasteiger partial charge is 0.234 e. The van der Waals surface area contributed by atoms with Gasteiger partial charge in [-0.25, -0.2) is 22.2 Å². The molecule has 3 aromatic carbocycles. The van der Waals surface area contributed by atoms with Crippen molar-refractivity contribution >= 4 is 78.2 Å². The first-order valence-electron chi connectivity index (χ1n) is 19.6. The summed E-state index contributed by atoms with van der Waals surface area (Å²) in [5.74, 6) is -2.72. The van der Waals surface area contributed by atoms with E-state index >= 15 is 0 Å². The van der Waals surface area contributed by atoms with E-state index in [4.69, 9.17) is 9.72 Å². The summed E-state index contributed by atoms with van der Waals surface area (Å²) in [6.45, 7) is 4.13. The normalized spacial score (nSPS) is 17.0. The maximum atomic E-state index is 14.9. The second-order valence-corrected chi connectivity index (χ2v) is 17.9. The van der Waals surface area contributed by atoms with Crippen LogP contribution >= 0.6 is 15.9 Å². The third-order valence-electron chi connectivity index (χ3n) is 10.9. The number of halogens is 3. The first-order chi connectivity index (χ1) is 28.7. The molecule has 7 rings (SSSR count). The molecule has 2 fully saturated rings. The van der Waals surface area contributed by atoms with Gasteiger partial charge < -0.3 is 30.9 Å². The van der Waals surface area contributed by atoms with Crippen LogP contribution in [0.15, 0.2) is 53.1 Å². The van der Waals surface area contributed by atoms with Gasteiger partial charge in [-0.2, -0.15) is 4.98 Å². The van der Waals surface area contributed by atoms with Crippen LogP contribution in [0.25, 0.3) is 0 Å². The van der Waals surface area contributed by atoms with Crippen molar-refractivity contribution in [3.05, 3.63) is 87.0 Å². The van der Waals surface area contributed by atoms with Crippen LogP contribution in [0, 0.1) is 18.6 Å². The number of anilines is 6. The van der Waals surface area contributed by atoms with Crippen molar-refractivity contribution in [2.24, 2.45) is 0 Å². The summed E-state index contributed by atoms with van der Waals surface area (Å²) >= 11 is 3.52. The fourth-order valence-corrected chi connectivity index (χ4v) is 9.22. The number of methoxy groups -OCH3 is 1. The van der Waals surface area contributed by atoms with Crippen LogP contribution in [0.3, 0.4) is 0 Å². The van der Waals surface area contributed by atoms with Crippen molar-refractivity contribution in [3.8, 4) is 5.75 Å². The summed E-state index contributed by atoms with van der Waals surface area (Å²) < 4.78 is 62.6. The highest BCUT2D eigenvalue weighted by Crippen LogP contribution is 2.40. The van der Waals surface area contributed by atoms with Crippen molar-refractivity contribution in [2.75, 3.05) is 65.9 Å². The molecule has 0 radical (unpaired) electrons. The Morgan fingerprint density at radius 1 is 1.02 bits per heavy atom. The summed E-state index contributed by atoms with van der Waals surface area (Å²) in [4.78, 5) is 47.8. The zero-order chi connectivity index (χ0) is 42.7. The Morgan fingerprint density at radius 3 is 2.47 bits per heavy atom. The third-order valence-corrected chi connectivity index (χ3v) is 12.7. The van der Waals surface area contributed by atoms with Gasteiger partial charge in [-0.05, 0) is 102 Å². The number of aromatic nitrogens is 2. The van der Waals surface area contributed by atoms with Gasteiger partial charge in [-0.3, -0.25) is 24.0 Å². The van der Waals surface area contributed by atoms with Gasteiger partial charge in [-0.15, -0.1) is 0 Å². The van der Waals surface area contributed by atoms with Gasteiger partial charge >= 0.3 is 0 Å². The number of benzene rings is 3. The molecule has 19 heteroatoms. The summed E-state index contributed by atoms with van der Waals surface area (Å²) in [6.07, 6.45) is 5.21. The lowest BCUT2D eigenvalue weighted by Gasteiger charge is -2.35. The Labute approximate surface area is 355 Å². The highest BCUT2D eigenvalue weighted by Gasteiger charge is 2.33. The van der Waals surface area contributed by atoms with Crippen molar-refractivity contribution in [2.45, 2.75) is 57.4 Å². The van der Waals surface area contributed by atoms with Gasteiger partial charge in [0.15, 0.2) is 0 Å². The molecule has 0 saturated carbocycles. The Morgan fingerprint density at radius 2 is 1.77 bits per heavy atom. The van der Waals surface area contributed by atoms with Crippen LogP contribution < -0.4 is 40.5 Å². The minimum atomic E-state index is -3.47. The van der Waals surface area contributed by atoms with Gasteiger partial charge in [0, 0.05) is 55.6 Å². The van der Waals surface area contributed by atoms with Crippen molar-refractivity contribution in [1.29, 1.82) is 0 Å². The molecule has 3 aliphatic rings. The Bertz CT molecular complexity index is 2410. The number of nitrogens with one attached hydrogen (secondary N) is 5. The molecule has 1 atom stereocenters. The molecule has 5 N–H and O–H groups in total. The number of amides is 3. The molecule has 60 heavy (non-hydrogen) atoms. The number of piperidine rings is 2. The highest BCUT2D eigenvalue weighted by molar-refractivity contribution is 9.10. The van der Waals surface area contributed by atoms with E-state index in [1.807, 2.05) is 37.3 Å². The molecule has 4 heterocycles. The number of nitrogens with zero attached hydrogens (tertiary/aromatic N) is 4. The predicted molar refractivity (Wildman–Crippen MR) is 228 cm³/mol. The Balaban J connectivity index is 0.903. The van der Waals surface area contributed by atoms with Gasteiger partial charge in [0.05, 0.1) is 47.4 Å². The van der Waals surface area contributed by atoms with E-state index in [9.17, 15) is 31.6 Å². The van der Waals surface area contributed by atoms with Gasteiger partial charge in [0.25, 0.3) is 0 Å². The molecule has 1 aromatic heterocycles. The van der Waals surface area contributed by atoms with Crippen LogP contribution in [-0.4, -0.2) is 88.2 Å². The Kier molecular flexibility index (Phi) is 12.9. The monoisotopic (exact) mass is 909 g/mol. The van der Waals surface area contributed by atoms with Crippen molar-refractivity contribution < 1.29 is 36.3 Å². The van der Waals surface area contributed by atoms with E-state index in [1.165, 1.54) is 22.7 Å². The third kappa shape index (κ3) is 9.63. The number of rotatable bonds is 14. The number of sulfonamides is 1. The zero-order valence-corrected chi connectivity index (χ0v) is 35.7. The molecular formula is C41H46BrF2N9O6S. The largest absolute Gasteiger partial charge is 0.494 e. The topological polar surface area (TPSA) is 187 Å². The maximum absolute atomic E-state index is 14.9. The lowest BCUT2D eigenvalue weighted by molar-refractivity contribution is -0.134. The maximum Gasteiger partial charge on any atom is 0.234 e. The van der Waals surface area contributed by atoms with E-state index in [0.717, 1.165) is 29.7 Å². The first-order valence-corrected chi connectivity index (χ1v) is 22.2. The molecule has 3 aliphatic heterocycles. The van der Waals surface area contributed by atoms with Gasteiger partial charge in [0.2, 0.25) is 33.7 Å². The minimum absolute atomic E-state index is 0.0200. The highest BCUT2D eigenvalue weighted by atomic mass is 79.9. The quantitative estimate of drug-likeness (QED) is 0.0836. The number of aryl methyl sites for hydroxylation is 1. The van der Waals surface area contributed by atoms with Gasteiger partial charge in [0.1, 0.15) is 23.2 Å². The van der Waals surface area contributed by atoms with Crippen LogP contribution in [0.1, 0.15) is 53.9 Å². The van der Waals surface area contributed by atoms with Crippen molar-refractivity contribution in [3.63, 3.8) is 0 Å². The van der Waals surface area contributed by atoms with E-state index < -0.39 is 39.4 Å². The SMILES string of the molecule is COc1cc(N2CCC(NC(=O)CNCCc3cc(F)c(C4CCC(=O)NC4=O)c(F)c3)CC2)c(C)cc1Nc1ncc(Br)c(Nc2cccc3c2N(S(C)(=O)=O)CC3)n1. The number of hydrogen-bond donors (Lipinski definition) is 5. The zero-order valence-electron chi connectivity index (χ0n) is 33.3. The standard InChI is InChI=1S/C41H46BrF2N9O6S/c1-23-17-32(49-41-46-21-28(42)39(51-41)48-31-6-4-5-25-10-16-53(38(25)31)60(3,57)58)34(59-2)20-33(23)52-14-11-26(12-15-52)47-36(55)22-45-13-9-24-18-29(43)37(30(44)19-24)27-7-8-35(54)50-40(27)56/h4-6,17-21,26-27,45H,7-16,22H2,1-3H3,(H,47,55)(H,50,54,56)(H2,46,48,49,51). The second kappa shape index (κ2) is 18.1. The average molecular weight is 911 g/mol. The fourth-order valence-electron chi connectivity index (χ4n) is 7.96. The molecule has 0 aliphatic carbocycles. The molecule has 2 saturated heterocycles. The van der Waals surface area contributed by atoms with Crippen LogP contribution in [0.5, 0.6) is 5.75 Å². The number of imide groups is 1. The summed E-state index contributed by atoms with van der Waals surface area (Å²) in [7, 11) is -1.88. The lowest BCUT2D eigenvalue weighted by Crippen LogP contribution is -2.47. The molecule has 4 aromatic rings. The summed E-state index contributed by atoms with van der Waals surface area (Å²) in [5.41, 5.74) is 4.85. The van der Waals surface area contributed by atoms with E-state index in [0.29, 0.717) is 77.2 Å². The minimum Gasteiger partial charge on any atom is -0.494 e. The number of para-hydroxylation sites is 1. The molecule has 1 unspecified atom stereocenters. The fraction of sp³-hybridized carbons (Fsp3) is 0.390. The lowest BCUT2D eigenvalue weighted by atomic mass is 9.89. The number of hydrogen-bond acceptors (Lipinski definition) is 12. The van der Waals surface area contributed by atoms with Gasteiger partial charge in [-0.1, -0.05) is 12.1 Å². The van der Waals surface area contributed by atoms with Crippen LogP contribution in [-0.2, 0) is 37.2 Å². The molecule has 15 nitrogen and oxygen atoms in total. The van der Waals surface area contributed by atoms with E-state index in [2.05, 4.69) is 52.4 Å². The number of carbonyl (C=O) groups is 3. The second-order valence-electron chi connectivity index (χ2n) is 15.1. The number of fused-ring (bicyclic) bond motifs is 1. The average Bonchev–Trinajstić information content (AvgIpc) is 3.65. The summed E-state index contributed by atoms with van der Waals surface area (Å²) in [6, 6.07) is 11.9. The first kappa shape index (κ1) is 42.7. The van der Waals surface area contributed by atoms with E-state index in [-0.39, 0.29) is 43.3 Å². The molecule has 0 bridgehead atoms. The van der Waals surface area contributed by atoms with Crippen LogP contribution in [0.2, 0.25) is 0 Å². The molecule has 0 spiro atoms. The molecule has 3 amide bonds. The number of carbonyl (C=O) groups excluding carboxylic acids is 3. The number of ether oxygens (including phenoxy) is 1. The van der Waals surface area contributed by atoms with E-state index in [1.54, 1.807) is 13.3 Å². The molecular weight excluding hydrogens is 864 g/mol. The van der Waals surface area contributed by atoms with Crippen molar-refractivity contribution in [1.82, 2.24) is 25.9 Å². The van der Waals surface area contributed by atoms with Crippen LogP contribution in [0.4, 0.5) is 43.3 Å². The summed E-state index contributed by atoms with van der Waals surface area (Å²) in [5, 5.41) is 14.8. The Hall–Kier alpha value is -5.40. The predicted octanol–water partition coefficient (Wildman–Crippen LogP) is 5.08.